The molecule has 122 valence electrons. The molecule has 3 rings (SSSR count). The Labute approximate surface area is 137 Å². The summed E-state index contributed by atoms with van der Waals surface area (Å²) < 4.78 is 5.66. The lowest BCUT2D eigenvalue weighted by atomic mass is 10.1. The summed E-state index contributed by atoms with van der Waals surface area (Å²) in [5.41, 5.74) is 1.26. The number of aliphatic hydroxyl groups is 1. The van der Waals surface area contributed by atoms with Crippen molar-refractivity contribution in [2.24, 2.45) is 0 Å². The van der Waals surface area contributed by atoms with E-state index in [0.29, 0.717) is 11.9 Å². The Hall–Kier alpha value is -1.98. The lowest BCUT2D eigenvalue weighted by molar-refractivity contribution is 0.131. The number of benzene rings is 1. The molecule has 5 heteroatoms. The van der Waals surface area contributed by atoms with Gasteiger partial charge in [0, 0.05) is 25.0 Å². The van der Waals surface area contributed by atoms with Crippen molar-refractivity contribution in [2.45, 2.75) is 44.9 Å². The van der Waals surface area contributed by atoms with E-state index in [1.54, 1.807) is 18.6 Å². The van der Waals surface area contributed by atoms with Gasteiger partial charge in [-0.1, -0.05) is 12.1 Å². The van der Waals surface area contributed by atoms with Crippen molar-refractivity contribution < 1.29 is 9.84 Å². The lowest BCUT2D eigenvalue weighted by Gasteiger charge is -2.25. The average Bonchev–Trinajstić information content (AvgIpc) is 2.96. The summed E-state index contributed by atoms with van der Waals surface area (Å²) in [6.07, 6.45) is 7.84. The summed E-state index contributed by atoms with van der Waals surface area (Å²) in [7, 11) is 0. The molecule has 5 nitrogen and oxygen atoms in total. The molecule has 2 heterocycles. The first kappa shape index (κ1) is 15.9. The molecule has 1 aromatic heterocycles. The zero-order chi connectivity index (χ0) is 16.1. The van der Waals surface area contributed by atoms with Crippen LogP contribution in [0, 0.1) is 0 Å². The molecule has 0 bridgehead atoms. The molecule has 2 unspecified atom stereocenters. The first-order valence-corrected chi connectivity index (χ1v) is 8.15. The molecule has 0 spiro atoms. The molecular formula is C18H23N3O2. The molecule has 0 saturated carbocycles. The minimum atomic E-state index is -0.233. The maximum Gasteiger partial charge on any atom is 0.237 e. The Balaban J connectivity index is 1.59. The van der Waals surface area contributed by atoms with Crippen LogP contribution < -0.4 is 4.74 Å². The van der Waals surface area contributed by atoms with Crippen molar-refractivity contribution in [1.82, 2.24) is 14.9 Å². The van der Waals surface area contributed by atoms with E-state index >= 15 is 0 Å². The highest BCUT2D eigenvalue weighted by Crippen LogP contribution is 2.25. The topological polar surface area (TPSA) is 58.5 Å². The van der Waals surface area contributed by atoms with E-state index in [1.807, 2.05) is 19.1 Å². The standard InChI is InChI=1S/C18H23N3O2/c1-14(22)11-16-3-2-10-21(16)13-15-4-6-17(7-5-15)23-18-12-19-8-9-20-18/h4-9,12,14,16,22H,2-3,10-11,13H2,1H3. The maximum absolute atomic E-state index is 9.62. The Bertz CT molecular complexity index is 601. The number of aliphatic hydroxyl groups excluding tert-OH is 1. The third-order valence-corrected chi connectivity index (χ3v) is 4.18. The minimum absolute atomic E-state index is 0.233. The van der Waals surface area contributed by atoms with Crippen LogP contribution in [0.3, 0.4) is 0 Å². The van der Waals surface area contributed by atoms with Crippen molar-refractivity contribution in [1.29, 1.82) is 0 Å². The van der Waals surface area contributed by atoms with Crippen molar-refractivity contribution in [3.63, 3.8) is 0 Å². The number of ether oxygens (including phenoxy) is 1. The summed E-state index contributed by atoms with van der Waals surface area (Å²) in [4.78, 5) is 10.5. The predicted octanol–water partition coefficient (Wildman–Crippen LogP) is 3.00. The average molecular weight is 313 g/mol. The monoisotopic (exact) mass is 313 g/mol. The third-order valence-electron chi connectivity index (χ3n) is 4.18. The largest absolute Gasteiger partial charge is 0.438 e. The van der Waals surface area contributed by atoms with Gasteiger partial charge >= 0.3 is 0 Å². The van der Waals surface area contributed by atoms with Gasteiger partial charge in [-0.05, 0) is 50.4 Å². The SMILES string of the molecule is CC(O)CC1CCCN1Cc1ccc(Oc2cnccn2)cc1. The van der Waals surface area contributed by atoms with Crippen molar-refractivity contribution in [2.75, 3.05) is 6.54 Å². The van der Waals surface area contributed by atoms with E-state index in [2.05, 4.69) is 27.0 Å². The van der Waals surface area contributed by atoms with Gasteiger partial charge in [0.1, 0.15) is 5.75 Å². The summed E-state index contributed by atoms with van der Waals surface area (Å²) in [5, 5.41) is 9.62. The van der Waals surface area contributed by atoms with Gasteiger partial charge in [0.05, 0.1) is 12.3 Å². The van der Waals surface area contributed by atoms with Crippen LogP contribution in [-0.2, 0) is 6.54 Å². The highest BCUT2D eigenvalue weighted by atomic mass is 16.5. The van der Waals surface area contributed by atoms with Gasteiger partial charge < -0.3 is 9.84 Å². The second-order valence-corrected chi connectivity index (χ2v) is 6.14. The molecule has 2 aromatic rings. The van der Waals surface area contributed by atoms with Crippen molar-refractivity contribution >= 4 is 0 Å². The van der Waals surface area contributed by atoms with Gasteiger partial charge in [0.2, 0.25) is 5.88 Å². The number of rotatable bonds is 6. The number of likely N-dealkylation sites (tertiary alicyclic amines) is 1. The maximum atomic E-state index is 9.62. The van der Waals surface area contributed by atoms with Crippen LogP contribution in [0.4, 0.5) is 0 Å². The summed E-state index contributed by atoms with van der Waals surface area (Å²) in [6, 6.07) is 8.59. The molecule has 0 radical (unpaired) electrons. The van der Waals surface area contributed by atoms with Gasteiger partial charge in [0.25, 0.3) is 0 Å². The molecule has 1 aliphatic heterocycles. The number of hydrogen-bond donors (Lipinski definition) is 1. The molecular weight excluding hydrogens is 290 g/mol. The van der Waals surface area contributed by atoms with E-state index in [4.69, 9.17) is 4.74 Å². The summed E-state index contributed by atoms with van der Waals surface area (Å²) >= 11 is 0. The fourth-order valence-corrected chi connectivity index (χ4v) is 3.12. The highest BCUT2D eigenvalue weighted by Gasteiger charge is 2.25. The van der Waals surface area contributed by atoms with Crippen molar-refractivity contribution in [3.05, 3.63) is 48.4 Å². The number of hydrogen-bond acceptors (Lipinski definition) is 5. The molecule has 23 heavy (non-hydrogen) atoms. The lowest BCUT2D eigenvalue weighted by Crippen LogP contribution is -2.31. The molecule has 0 aliphatic carbocycles. The van der Waals surface area contributed by atoms with E-state index in [-0.39, 0.29) is 6.10 Å². The van der Waals surface area contributed by atoms with E-state index in [1.165, 1.54) is 18.4 Å². The van der Waals surface area contributed by atoms with Crippen LogP contribution >= 0.6 is 0 Å². The molecule has 1 N–H and O–H groups in total. The van der Waals surface area contributed by atoms with Crippen LogP contribution in [0.15, 0.2) is 42.9 Å². The molecule has 1 fully saturated rings. The predicted molar refractivity (Wildman–Crippen MR) is 88.3 cm³/mol. The fourth-order valence-electron chi connectivity index (χ4n) is 3.12. The fraction of sp³-hybridized carbons (Fsp3) is 0.444. The van der Waals surface area contributed by atoms with Crippen molar-refractivity contribution in [3.8, 4) is 11.6 Å². The molecule has 1 aromatic carbocycles. The van der Waals surface area contributed by atoms with Crippen LogP contribution in [-0.4, -0.2) is 38.7 Å². The number of aromatic nitrogens is 2. The van der Waals surface area contributed by atoms with Gasteiger partial charge in [-0.3, -0.25) is 9.88 Å². The first-order chi connectivity index (χ1) is 11.2. The van der Waals surface area contributed by atoms with Gasteiger partial charge in [0.15, 0.2) is 0 Å². The highest BCUT2D eigenvalue weighted by molar-refractivity contribution is 5.30. The molecule has 1 saturated heterocycles. The van der Waals surface area contributed by atoms with Gasteiger partial charge in [-0.15, -0.1) is 0 Å². The summed E-state index contributed by atoms with van der Waals surface area (Å²) in [6.45, 7) is 3.90. The van der Waals surface area contributed by atoms with Crippen LogP contribution in [0.5, 0.6) is 11.6 Å². The molecule has 1 aliphatic rings. The van der Waals surface area contributed by atoms with Gasteiger partial charge in [-0.25, -0.2) is 4.98 Å². The minimum Gasteiger partial charge on any atom is -0.438 e. The van der Waals surface area contributed by atoms with E-state index < -0.39 is 0 Å². The summed E-state index contributed by atoms with van der Waals surface area (Å²) in [5.74, 6) is 1.26. The quantitative estimate of drug-likeness (QED) is 0.888. The van der Waals surface area contributed by atoms with Crippen LogP contribution in [0.25, 0.3) is 0 Å². The zero-order valence-corrected chi connectivity index (χ0v) is 13.4. The van der Waals surface area contributed by atoms with Crippen LogP contribution in [0.1, 0.15) is 31.7 Å². The second-order valence-electron chi connectivity index (χ2n) is 6.14. The van der Waals surface area contributed by atoms with E-state index in [0.717, 1.165) is 25.3 Å². The number of nitrogens with zero attached hydrogens (tertiary/aromatic N) is 3. The zero-order valence-electron chi connectivity index (χ0n) is 13.4. The third kappa shape index (κ3) is 4.50. The second kappa shape index (κ2) is 7.53. The Morgan fingerprint density at radius 2 is 2.13 bits per heavy atom. The normalized spacial score (nSPS) is 19.7. The van der Waals surface area contributed by atoms with Gasteiger partial charge in [-0.2, -0.15) is 0 Å². The smallest absolute Gasteiger partial charge is 0.237 e. The molecule has 2 atom stereocenters. The Morgan fingerprint density at radius 1 is 1.30 bits per heavy atom. The Kier molecular flexibility index (Phi) is 5.20. The van der Waals surface area contributed by atoms with Crippen LogP contribution in [0.2, 0.25) is 0 Å². The first-order valence-electron chi connectivity index (χ1n) is 8.15. The molecule has 0 amide bonds. The Morgan fingerprint density at radius 3 is 2.83 bits per heavy atom. The van der Waals surface area contributed by atoms with E-state index in [9.17, 15) is 5.11 Å².